The van der Waals surface area contributed by atoms with Gasteiger partial charge in [0.15, 0.2) is 0 Å². The molecule has 0 saturated carbocycles. The highest BCUT2D eigenvalue weighted by Gasteiger charge is 2.21. The van der Waals surface area contributed by atoms with Gasteiger partial charge in [-0.2, -0.15) is 0 Å². The highest BCUT2D eigenvalue weighted by Crippen LogP contribution is 2.26. The molecule has 1 aromatic rings. The summed E-state index contributed by atoms with van der Waals surface area (Å²) < 4.78 is 5.83. The van der Waals surface area contributed by atoms with E-state index in [0.717, 1.165) is 21.3 Å². The van der Waals surface area contributed by atoms with Gasteiger partial charge in [-0.15, -0.1) is 0 Å². The molecule has 3 nitrogen and oxygen atoms in total. The topological polar surface area (TPSA) is 38.3 Å². The van der Waals surface area contributed by atoms with E-state index in [0.29, 0.717) is 0 Å². The van der Waals surface area contributed by atoms with Crippen molar-refractivity contribution >= 4 is 27.6 Å². The Balaban J connectivity index is 2.88. The number of carbonyl (C=O) groups is 1. The molecule has 0 spiro atoms. The number of halogens is 1. The third-order valence-corrected chi connectivity index (χ3v) is 3.65. The average Bonchev–Trinajstić information content (AvgIpc) is 2.31. The second-order valence-electron chi connectivity index (χ2n) is 4.66. The molecule has 0 fully saturated rings. The number of hydrogen-bond donors (Lipinski definition) is 1. The summed E-state index contributed by atoms with van der Waals surface area (Å²) in [5.74, 6) is -0.375. The minimum atomic E-state index is -0.192. The molecule has 0 aliphatic heterocycles. The van der Waals surface area contributed by atoms with Crippen LogP contribution in [0.3, 0.4) is 0 Å². The molecule has 18 heavy (non-hydrogen) atoms. The number of hydrogen-bond acceptors (Lipinski definition) is 3. The van der Waals surface area contributed by atoms with Gasteiger partial charge in [0, 0.05) is 16.2 Å². The Bertz CT molecular complexity index is 422. The maximum atomic E-state index is 11.5. The predicted molar refractivity (Wildman–Crippen MR) is 77.9 cm³/mol. The number of anilines is 1. The lowest BCUT2D eigenvalue weighted by molar-refractivity contribution is -0.145. The van der Waals surface area contributed by atoms with Gasteiger partial charge in [0.05, 0.1) is 13.0 Å². The lowest BCUT2D eigenvalue weighted by atomic mass is 10.0. The summed E-state index contributed by atoms with van der Waals surface area (Å²) in [6.45, 7) is 7.96. The van der Waals surface area contributed by atoms with E-state index in [-0.39, 0.29) is 17.9 Å². The Morgan fingerprint density at radius 3 is 2.22 bits per heavy atom. The molecule has 1 N–H and O–H groups in total. The zero-order valence-electron chi connectivity index (χ0n) is 11.5. The van der Waals surface area contributed by atoms with E-state index in [9.17, 15) is 4.79 Å². The maximum absolute atomic E-state index is 11.5. The van der Waals surface area contributed by atoms with E-state index < -0.39 is 0 Å². The van der Waals surface area contributed by atoms with Gasteiger partial charge in [-0.05, 0) is 51.0 Å². The normalized spacial score (nSPS) is 13.9. The summed E-state index contributed by atoms with van der Waals surface area (Å²) in [5, 5.41) is 3.40. The van der Waals surface area contributed by atoms with E-state index >= 15 is 0 Å². The lowest BCUT2D eigenvalue weighted by Gasteiger charge is -2.23. The first kappa shape index (κ1) is 15.0. The highest BCUT2D eigenvalue weighted by molar-refractivity contribution is 9.10. The molecule has 100 valence electrons. The van der Waals surface area contributed by atoms with Crippen LogP contribution in [0.15, 0.2) is 16.6 Å². The van der Waals surface area contributed by atoms with Gasteiger partial charge in [-0.3, -0.25) is 4.79 Å². The second-order valence-corrected chi connectivity index (χ2v) is 5.58. The minimum Gasteiger partial charge on any atom is -0.469 e. The first-order valence-corrected chi connectivity index (χ1v) is 6.77. The fraction of sp³-hybridized carbons (Fsp3) is 0.500. The van der Waals surface area contributed by atoms with E-state index in [1.54, 1.807) is 0 Å². The smallest absolute Gasteiger partial charge is 0.310 e. The first-order valence-electron chi connectivity index (χ1n) is 5.98. The molecule has 0 bridgehead atoms. The average molecular weight is 314 g/mol. The molecule has 0 radical (unpaired) electrons. The predicted octanol–water partition coefficient (Wildman–Crippen LogP) is 3.68. The molecule has 0 saturated heterocycles. The molecule has 0 heterocycles. The van der Waals surface area contributed by atoms with Crippen molar-refractivity contribution in [1.29, 1.82) is 0 Å². The van der Waals surface area contributed by atoms with Crippen molar-refractivity contribution in [3.8, 4) is 0 Å². The highest BCUT2D eigenvalue weighted by atomic mass is 79.9. The first-order chi connectivity index (χ1) is 8.36. The SMILES string of the molecule is COC(=O)C(C)C(C)Nc1c(C)cc(Br)cc1C. The van der Waals surface area contributed by atoms with E-state index in [1.807, 2.05) is 13.8 Å². The van der Waals surface area contributed by atoms with Crippen molar-refractivity contribution in [3.05, 3.63) is 27.7 Å². The summed E-state index contributed by atoms with van der Waals surface area (Å²) >= 11 is 3.47. The van der Waals surface area contributed by atoms with Gasteiger partial charge in [-0.1, -0.05) is 15.9 Å². The number of aryl methyl sites for hydroxylation is 2. The van der Waals surface area contributed by atoms with Crippen LogP contribution in [0.5, 0.6) is 0 Å². The number of nitrogens with one attached hydrogen (secondary N) is 1. The molecule has 1 aromatic carbocycles. The molecule has 1 rings (SSSR count). The van der Waals surface area contributed by atoms with Crippen molar-refractivity contribution in [1.82, 2.24) is 0 Å². The molecule has 2 unspecified atom stereocenters. The minimum absolute atomic E-state index is 0.0241. The van der Waals surface area contributed by atoms with Crippen LogP contribution in [0.25, 0.3) is 0 Å². The molecule has 2 atom stereocenters. The van der Waals surface area contributed by atoms with Gasteiger partial charge in [0.25, 0.3) is 0 Å². The summed E-state index contributed by atoms with van der Waals surface area (Å²) in [7, 11) is 1.42. The van der Waals surface area contributed by atoms with E-state index in [4.69, 9.17) is 4.74 Å². The Labute approximate surface area is 117 Å². The van der Waals surface area contributed by atoms with Crippen LogP contribution >= 0.6 is 15.9 Å². The maximum Gasteiger partial charge on any atom is 0.310 e. The number of benzene rings is 1. The van der Waals surface area contributed by atoms with Crippen molar-refractivity contribution in [2.45, 2.75) is 33.7 Å². The number of rotatable bonds is 4. The summed E-state index contributed by atoms with van der Waals surface area (Å²) in [6, 6.07) is 4.14. The largest absolute Gasteiger partial charge is 0.469 e. The van der Waals surface area contributed by atoms with Gasteiger partial charge in [-0.25, -0.2) is 0 Å². The molecule has 0 amide bonds. The fourth-order valence-electron chi connectivity index (χ4n) is 1.88. The Kier molecular flexibility index (Phi) is 5.20. The van der Waals surface area contributed by atoms with Crippen LogP contribution < -0.4 is 5.32 Å². The molecular weight excluding hydrogens is 294 g/mol. The third-order valence-electron chi connectivity index (χ3n) is 3.19. The Hall–Kier alpha value is -1.03. The lowest BCUT2D eigenvalue weighted by Crippen LogP contribution is -2.31. The van der Waals surface area contributed by atoms with Gasteiger partial charge in [0.1, 0.15) is 0 Å². The van der Waals surface area contributed by atoms with Crippen LogP contribution in [0.2, 0.25) is 0 Å². The zero-order valence-corrected chi connectivity index (χ0v) is 13.1. The molecule has 0 aromatic heterocycles. The van der Waals surface area contributed by atoms with Crippen molar-refractivity contribution in [2.24, 2.45) is 5.92 Å². The van der Waals surface area contributed by atoms with Crippen molar-refractivity contribution < 1.29 is 9.53 Å². The van der Waals surface area contributed by atoms with Gasteiger partial charge < -0.3 is 10.1 Å². The molecule has 0 aliphatic rings. The van der Waals surface area contributed by atoms with E-state index in [2.05, 4.69) is 47.2 Å². The van der Waals surface area contributed by atoms with Crippen LogP contribution in [-0.4, -0.2) is 19.1 Å². The molecule has 4 heteroatoms. The number of methoxy groups -OCH3 is 1. The van der Waals surface area contributed by atoms with Crippen molar-refractivity contribution in [2.75, 3.05) is 12.4 Å². The number of esters is 1. The zero-order chi connectivity index (χ0) is 13.9. The van der Waals surface area contributed by atoms with Crippen LogP contribution in [0.1, 0.15) is 25.0 Å². The number of ether oxygens (including phenoxy) is 1. The Morgan fingerprint density at radius 1 is 1.28 bits per heavy atom. The number of carbonyl (C=O) groups excluding carboxylic acids is 1. The summed E-state index contributed by atoms with van der Waals surface area (Å²) in [6.07, 6.45) is 0. The summed E-state index contributed by atoms with van der Waals surface area (Å²) in [5.41, 5.74) is 3.40. The third kappa shape index (κ3) is 3.48. The monoisotopic (exact) mass is 313 g/mol. The summed E-state index contributed by atoms with van der Waals surface area (Å²) in [4.78, 5) is 11.5. The standard InChI is InChI=1S/C14H20BrNO2/c1-8-6-12(15)7-9(2)13(8)16-11(4)10(3)14(17)18-5/h6-7,10-11,16H,1-5H3. The van der Waals surface area contributed by atoms with Gasteiger partial charge >= 0.3 is 5.97 Å². The van der Waals surface area contributed by atoms with Crippen molar-refractivity contribution in [3.63, 3.8) is 0 Å². The van der Waals surface area contributed by atoms with Crippen LogP contribution in [-0.2, 0) is 9.53 Å². The quantitative estimate of drug-likeness (QED) is 0.862. The molecule has 0 aliphatic carbocycles. The van der Waals surface area contributed by atoms with Gasteiger partial charge in [0.2, 0.25) is 0 Å². The second kappa shape index (κ2) is 6.23. The van der Waals surface area contributed by atoms with Crippen LogP contribution in [0.4, 0.5) is 5.69 Å². The fourth-order valence-corrected chi connectivity index (χ4v) is 2.57. The molecular formula is C14H20BrNO2. The van der Waals surface area contributed by atoms with Crippen LogP contribution in [0, 0.1) is 19.8 Å². The Morgan fingerprint density at radius 2 is 1.78 bits per heavy atom. The van der Waals surface area contributed by atoms with E-state index in [1.165, 1.54) is 7.11 Å².